The van der Waals surface area contributed by atoms with E-state index in [0.717, 1.165) is 0 Å². The summed E-state index contributed by atoms with van der Waals surface area (Å²) in [5, 5.41) is 0. The first-order chi connectivity index (χ1) is 7.65. The van der Waals surface area contributed by atoms with Crippen molar-refractivity contribution in [2.75, 3.05) is 11.5 Å². The van der Waals surface area contributed by atoms with E-state index in [1.807, 2.05) is 0 Å². The zero-order chi connectivity index (χ0) is 11.5. The molecular weight excluding hydrogens is 207 g/mol. The maximum absolute atomic E-state index is 12.7. The molecule has 0 radical (unpaired) electrons. The lowest BCUT2D eigenvalue weighted by Crippen LogP contribution is -1.94. The van der Waals surface area contributed by atoms with Crippen LogP contribution >= 0.6 is 0 Å². The van der Waals surface area contributed by atoms with Crippen molar-refractivity contribution in [2.45, 2.75) is 0 Å². The van der Waals surface area contributed by atoms with E-state index >= 15 is 0 Å². The minimum atomic E-state index is -0.308. The van der Waals surface area contributed by atoms with Crippen molar-refractivity contribution < 1.29 is 9.13 Å². The van der Waals surface area contributed by atoms with Crippen molar-refractivity contribution in [1.29, 1.82) is 0 Å². The summed E-state index contributed by atoms with van der Waals surface area (Å²) in [7, 11) is 0. The number of rotatable bonds is 2. The van der Waals surface area contributed by atoms with E-state index in [4.69, 9.17) is 16.2 Å². The third-order valence-electron chi connectivity index (χ3n) is 2.08. The second-order valence-corrected chi connectivity index (χ2v) is 3.35. The summed E-state index contributed by atoms with van der Waals surface area (Å²) in [5.41, 5.74) is 12.3. The molecule has 0 amide bonds. The normalized spacial score (nSPS) is 10.1. The van der Waals surface area contributed by atoms with Crippen LogP contribution < -0.4 is 16.2 Å². The van der Waals surface area contributed by atoms with Gasteiger partial charge >= 0.3 is 0 Å². The van der Waals surface area contributed by atoms with E-state index in [0.29, 0.717) is 22.9 Å². The van der Waals surface area contributed by atoms with Gasteiger partial charge in [0.15, 0.2) is 0 Å². The summed E-state index contributed by atoms with van der Waals surface area (Å²) in [4.78, 5) is 0. The van der Waals surface area contributed by atoms with Crippen LogP contribution in [0.25, 0.3) is 0 Å². The Morgan fingerprint density at radius 1 is 0.938 bits per heavy atom. The molecule has 0 aromatic heterocycles. The molecule has 2 aromatic rings. The molecule has 0 aliphatic rings. The first-order valence-electron chi connectivity index (χ1n) is 4.73. The van der Waals surface area contributed by atoms with Crippen LogP contribution in [-0.4, -0.2) is 0 Å². The summed E-state index contributed by atoms with van der Waals surface area (Å²) in [5.74, 6) is 0.719. The molecule has 0 bridgehead atoms. The van der Waals surface area contributed by atoms with Crippen LogP contribution in [-0.2, 0) is 0 Å². The Kier molecular flexibility index (Phi) is 2.64. The molecule has 2 rings (SSSR count). The Morgan fingerprint density at radius 2 is 1.62 bits per heavy atom. The van der Waals surface area contributed by atoms with Gasteiger partial charge in [-0.05, 0) is 42.5 Å². The number of benzene rings is 2. The van der Waals surface area contributed by atoms with Gasteiger partial charge in [0.1, 0.15) is 17.3 Å². The quantitative estimate of drug-likeness (QED) is 0.762. The van der Waals surface area contributed by atoms with Crippen LogP contribution in [0.15, 0.2) is 42.5 Å². The Hall–Kier alpha value is -2.23. The molecule has 0 heterocycles. The molecule has 0 fully saturated rings. The first kappa shape index (κ1) is 10.3. The zero-order valence-corrected chi connectivity index (χ0v) is 8.48. The van der Waals surface area contributed by atoms with Gasteiger partial charge in [-0.2, -0.15) is 0 Å². The molecule has 0 aliphatic heterocycles. The predicted molar refractivity (Wildman–Crippen MR) is 61.7 cm³/mol. The molecule has 0 saturated heterocycles. The Morgan fingerprint density at radius 3 is 2.25 bits per heavy atom. The van der Waals surface area contributed by atoms with E-state index in [1.165, 1.54) is 24.3 Å². The van der Waals surface area contributed by atoms with Crippen molar-refractivity contribution in [1.82, 2.24) is 0 Å². The van der Waals surface area contributed by atoms with Crippen LogP contribution in [0.4, 0.5) is 15.8 Å². The van der Waals surface area contributed by atoms with E-state index in [2.05, 4.69) is 0 Å². The first-order valence-corrected chi connectivity index (χ1v) is 4.73. The second kappa shape index (κ2) is 4.10. The van der Waals surface area contributed by atoms with Crippen molar-refractivity contribution >= 4 is 11.4 Å². The standard InChI is InChI=1S/C12H11FN2O/c13-8-1-4-10(5-2-8)16-12-6-3-9(14)7-11(12)15/h1-7H,14-15H2. The minimum Gasteiger partial charge on any atom is -0.455 e. The summed E-state index contributed by atoms with van der Waals surface area (Å²) >= 11 is 0. The van der Waals surface area contributed by atoms with Gasteiger partial charge in [0.05, 0.1) is 5.69 Å². The van der Waals surface area contributed by atoms with Crippen LogP contribution in [0.5, 0.6) is 11.5 Å². The van der Waals surface area contributed by atoms with Crippen molar-refractivity contribution in [3.63, 3.8) is 0 Å². The van der Waals surface area contributed by atoms with Gasteiger partial charge < -0.3 is 16.2 Å². The third kappa shape index (κ3) is 2.23. The number of ether oxygens (including phenoxy) is 1. The van der Waals surface area contributed by atoms with Crippen LogP contribution in [0.3, 0.4) is 0 Å². The van der Waals surface area contributed by atoms with Crippen LogP contribution in [0.2, 0.25) is 0 Å². The fourth-order valence-corrected chi connectivity index (χ4v) is 1.29. The highest BCUT2D eigenvalue weighted by Gasteiger charge is 2.02. The lowest BCUT2D eigenvalue weighted by atomic mass is 10.2. The highest BCUT2D eigenvalue weighted by atomic mass is 19.1. The molecule has 82 valence electrons. The Balaban J connectivity index is 2.23. The number of halogens is 1. The molecule has 0 spiro atoms. The molecule has 0 aliphatic carbocycles. The molecule has 2 aromatic carbocycles. The smallest absolute Gasteiger partial charge is 0.150 e. The highest BCUT2D eigenvalue weighted by molar-refractivity contribution is 5.61. The molecule has 0 unspecified atom stereocenters. The monoisotopic (exact) mass is 218 g/mol. The second-order valence-electron chi connectivity index (χ2n) is 3.35. The molecule has 4 heteroatoms. The number of nitrogens with two attached hydrogens (primary N) is 2. The largest absolute Gasteiger partial charge is 0.455 e. The Labute approximate surface area is 92.4 Å². The van der Waals surface area contributed by atoms with Crippen molar-refractivity contribution in [2.24, 2.45) is 0 Å². The average molecular weight is 218 g/mol. The van der Waals surface area contributed by atoms with Gasteiger partial charge in [-0.15, -0.1) is 0 Å². The summed E-state index contributed by atoms with van der Waals surface area (Å²) in [6.07, 6.45) is 0. The summed E-state index contributed by atoms with van der Waals surface area (Å²) in [6.45, 7) is 0. The van der Waals surface area contributed by atoms with Gasteiger partial charge in [0.2, 0.25) is 0 Å². The molecule has 0 saturated carbocycles. The number of nitrogen functional groups attached to an aromatic ring is 2. The van der Waals surface area contributed by atoms with Crippen LogP contribution in [0, 0.1) is 5.82 Å². The minimum absolute atomic E-state index is 0.308. The van der Waals surface area contributed by atoms with Gasteiger partial charge in [-0.1, -0.05) is 0 Å². The highest BCUT2D eigenvalue weighted by Crippen LogP contribution is 2.28. The lowest BCUT2D eigenvalue weighted by molar-refractivity contribution is 0.483. The zero-order valence-electron chi connectivity index (χ0n) is 8.48. The summed E-state index contributed by atoms with van der Waals surface area (Å²) in [6, 6.07) is 10.7. The number of hydrogen-bond acceptors (Lipinski definition) is 3. The van der Waals surface area contributed by atoms with Gasteiger partial charge in [0, 0.05) is 5.69 Å². The van der Waals surface area contributed by atoms with Crippen LogP contribution in [0.1, 0.15) is 0 Å². The fourth-order valence-electron chi connectivity index (χ4n) is 1.29. The van der Waals surface area contributed by atoms with E-state index in [-0.39, 0.29) is 5.82 Å². The molecule has 4 N–H and O–H groups in total. The topological polar surface area (TPSA) is 61.3 Å². The molecule has 3 nitrogen and oxygen atoms in total. The molecule has 0 atom stereocenters. The number of anilines is 2. The maximum atomic E-state index is 12.7. The Bertz CT molecular complexity index is 497. The van der Waals surface area contributed by atoms with E-state index < -0.39 is 0 Å². The lowest BCUT2D eigenvalue weighted by Gasteiger charge is -2.08. The van der Waals surface area contributed by atoms with Gasteiger partial charge in [0.25, 0.3) is 0 Å². The van der Waals surface area contributed by atoms with Gasteiger partial charge in [-0.3, -0.25) is 0 Å². The maximum Gasteiger partial charge on any atom is 0.150 e. The number of hydrogen-bond donors (Lipinski definition) is 2. The van der Waals surface area contributed by atoms with E-state index in [1.54, 1.807) is 18.2 Å². The van der Waals surface area contributed by atoms with Gasteiger partial charge in [-0.25, -0.2) is 4.39 Å². The summed E-state index contributed by atoms with van der Waals surface area (Å²) < 4.78 is 18.1. The SMILES string of the molecule is Nc1ccc(Oc2ccc(F)cc2)c(N)c1. The predicted octanol–water partition coefficient (Wildman–Crippen LogP) is 2.78. The fraction of sp³-hybridized carbons (Fsp3) is 0. The molecule has 16 heavy (non-hydrogen) atoms. The van der Waals surface area contributed by atoms with Crippen molar-refractivity contribution in [3.8, 4) is 11.5 Å². The third-order valence-corrected chi connectivity index (χ3v) is 2.08. The average Bonchev–Trinajstić information content (AvgIpc) is 2.25. The molecular formula is C12H11FN2O. The van der Waals surface area contributed by atoms with Crippen molar-refractivity contribution in [3.05, 3.63) is 48.3 Å². The van der Waals surface area contributed by atoms with E-state index in [9.17, 15) is 4.39 Å².